The van der Waals surface area contributed by atoms with Crippen molar-refractivity contribution in [1.29, 1.82) is 0 Å². The van der Waals surface area contributed by atoms with Crippen molar-refractivity contribution in [2.45, 2.75) is 19.5 Å². The van der Waals surface area contributed by atoms with E-state index in [0.29, 0.717) is 0 Å². The van der Waals surface area contributed by atoms with E-state index >= 15 is 0 Å². The second-order valence-corrected chi connectivity index (χ2v) is 4.65. The second-order valence-electron chi connectivity index (χ2n) is 3.73. The van der Waals surface area contributed by atoms with Crippen molar-refractivity contribution in [1.82, 2.24) is 20.1 Å². The van der Waals surface area contributed by atoms with Gasteiger partial charge in [0.1, 0.15) is 0 Å². The van der Waals surface area contributed by atoms with E-state index in [2.05, 4.69) is 44.3 Å². The van der Waals surface area contributed by atoms with Gasteiger partial charge in [-0.2, -0.15) is 5.10 Å². The summed E-state index contributed by atoms with van der Waals surface area (Å²) in [5, 5.41) is 7.60. The van der Waals surface area contributed by atoms with Gasteiger partial charge in [0, 0.05) is 29.6 Å². The molecule has 90 valence electrons. The zero-order valence-corrected chi connectivity index (χ0v) is 11.5. The number of hydrogen-bond donors (Lipinski definition) is 1. The third-order valence-electron chi connectivity index (χ3n) is 2.69. The Labute approximate surface area is 109 Å². The quantitative estimate of drug-likeness (QED) is 0.941. The Kier molecular flexibility index (Phi) is 3.91. The molecule has 4 nitrogen and oxygen atoms in total. The molecule has 0 aliphatic heterocycles. The van der Waals surface area contributed by atoms with Gasteiger partial charge in [0.25, 0.3) is 0 Å². The molecule has 1 unspecified atom stereocenters. The highest BCUT2D eigenvalue weighted by molar-refractivity contribution is 9.10. The molecule has 0 bridgehead atoms. The predicted octanol–water partition coefficient (Wildman–Crippen LogP) is 2.37. The number of aryl methyl sites for hydroxylation is 1. The maximum absolute atomic E-state index is 4.30. The first-order valence-corrected chi connectivity index (χ1v) is 6.35. The third kappa shape index (κ3) is 2.56. The van der Waals surface area contributed by atoms with Gasteiger partial charge in [0.15, 0.2) is 0 Å². The molecule has 0 saturated carbocycles. The minimum absolute atomic E-state index is 0.113. The number of halogens is 1. The van der Waals surface area contributed by atoms with Crippen molar-refractivity contribution in [3.63, 3.8) is 0 Å². The van der Waals surface area contributed by atoms with Crippen LogP contribution in [0.3, 0.4) is 0 Å². The molecule has 0 aliphatic rings. The van der Waals surface area contributed by atoms with E-state index in [0.717, 1.165) is 22.3 Å². The van der Waals surface area contributed by atoms with Crippen molar-refractivity contribution < 1.29 is 0 Å². The van der Waals surface area contributed by atoms with E-state index in [1.807, 2.05) is 30.2 Å². The fourth-order valence-electron chi connectivity index (χ4n) is 1.92. The van der Waals surface area contributed by atoms with Crippen LogP contribution in [0.25, 0.3) is 0 Å². The Bertz CT molecular complexity index is 495. The highest BCUT2D eigenvalue weighted by Gasteiger charge is 2.16. The molecular formula is C12H15BrN4. The summed E-state index contributed by atoms with van der Waals surface area (Å²) in [4.78, 5) is 4.20. The molecule has 0 radical (unpaired) electrons. The topological polar surface area (TPSA) is 42.7 Å². The van der Waals surface area contributed by atoms with Crippen LogP contribution < -0.4 is 5.32 Å². The number of rotatable bonds is 4. The molecule has 0 saturated heterocycles. The zero-order chi connectivity index (χ0) is 12.3. The van der Waals surface area contributed by atoms with Crippen LogP contribution >= 0.6 is 15.9 Å². The summed E-state index contributed by atoms with van der Waals surface area (Å²) < 4.78 is 2.97. The van der Waals surface area contributed by atoms with Crippen LogP contribution in [0.15, 0.2) is 35.2 Å². The van der Waals surface area contributed by atoms with Crippen LogP contribution in [0.1, 0.15) is 24.2 Å². The average molecular weight is 295 g/mol. The van der Waals surface area contributed by atoms with Crippen molar-refractivity contribution >= 4 is 15.9 Å². The highest BCUT2D eigenvalue weighted by atomic mass is 79.9. The lowest BCUT2D eigenvalue weighted by atomic mass is 10.1. The summed E-state index contributed by atoms with van der Waals surface area (Å²) in [6.07, 6.45) is 5.49. The Morgan fingerprint density at radius 1 is 1.47 bits per heavy atom. The number of hydrogen-bond acceptors (Lipinski definition) is 3. The van der Waals surface area contributed by atoms with Crippen molar-refractivity contribution in [3.8, 4) is 0 Å². The van der Waals surface area contributed by atoms with Gasteiger partial charge in [-0.3, -0.25) is 9.67 Å². The monoisotopic (exact) mass is 294 g/mol. The molecule has 0 spiro atoms. The molecule has 0 aliphatic carbocycles. The van der Waals surface area contributed by atoms with Crippen molar-refractivity contribution in [3.05, 3.63) is 46.5 Å². The maximum atomic E-state index is 4.30. The molecule has 1 atom stereocenters. The SMILES string of the molecule is CCn1nccc1C(NC)c1cncc(Br)c1. The van der Waals surface area contributed by atoms with E-state index < -0.39 is 0 Å². The van der Waals surface area contributed by atoms with Crippen LogP contribution in [-0.2, 0) is 6.54 Å². The van der Waals surface area contributed by atoms with E-state index in [1.54, 1.807) is 6.20 Å². The summed E-state index contributed by atoms with van der Waals surface area (Å²) in [7, 11) is 1.94. The Morgan fingerprint density at radius 2 is 2.29 bits per heavy atom. The first-order valence-electron chi connectivity index (χ1n) is 5.55. The molecule has 17 heavy (non-hydrogen) atoms. The van der Waals surface area contributed by atoms with Gasteiger partial charge >= 0.3 is 0 Å². The van der Waals surface area contributed by atoms with Gasteiger partial charge in [0.05, 0.1) is 11.7 Å². The van der Waals surface area contributed by atoms with E-state index in [9.17, 15) is 0 Å². The summed E-state index contributed by atoms with van der Waals surface area (Å²) in [6, 6.07) is 4.22. The van der Waals surface area contributed by atoms with Crippen molar-refractivity contribution in [2.24, 2.45) is 0 Å². The van der Waals surface area contributed by atoms with Crippen LogP contribution in [0, 0.1) is 0 Å². The fraction of sp³-hybridized carbons (Fsp3) is 0.333. The standard InChI is InChI=1S/C12H15BrN4/c1-3-17-11(4-5-16-17)12(14-2)9-6-10(13)8-15-7-9/h4-8,12,14H,3H2,1-2H3. The van der Waals surface area contributed by atoms with Gasteiger partial charge in [-0.25, -0.2) is 0 Å². The lowest BCUT2D eigenvalue weighted by Crippen LogP contribution is -2.21. The third-order valence-corrected chi connectivity index (χ3v) is 3.13. The van der Waals surface area contributed by atoms with Crippen molar-refractivity contribution in [2.75, 3.05) is 7.05 Å². The molecular weight excluding hydrogens is 280 g/mol. The van der Waals surface area contributed by atoms with Crippen LogP contribution in [0.5, 0.6) is 0 Å². The Hall–Kier alpha value is -1.20. The molecule has 1 N–H and O–H groups in total. The number of nitrogens with one attached hydrogen (secondary N) is 1. The Morgan fingerprint density at radius 3 is 2.94 bits per heavy atom. The average Bonchev–Trinajstić information content (AvgIpc) is 2.78. The summed E-state index contributed by atoms with van der Waals surface area (Å²) in [5.74, 6) is 0. The summed E-state index contributed by atoms with van der Waals surface area (Å²) in [5.41, 5.74) is 2.27. The fourth-order valence-corrected chi connectivity index (χ4v) is 2.31. The molecule has 0 fully saturated rings. The van der Waals surface area contributed by atoms with Gasteiger partial charge in [0.2, 0.25) is 0 Å². The molecule has 2 heterocycles. The lowest BCUT2D eigenvalue weighted by Gasteiger charge is -2.17. The smallest absolute Gasteiger partial charge is 0.0761 e. The van der Waals surface area contributed by atoms with Gasteiger partial charge in [-0.05, 0) is 47.6 Å². The Balaban J connectivity index is 2.40. The number of nitrogens with zero attached hydrogens (tertiary/aromatic N) is 3. The molecule has 0 aromatic carbocycles. The highest BCUT2D eigenvalue weighted by Crippen LogP contribution is 2.23. The van der Waals surface area contributed by atoms with Gasteiger partial charge in [-0.15, -0.1) is 0 Å². The molecule has 2 aromatic rings. The van der Waals surface area contributed by atoms with Crippen LogP contribution in [-0.4, -0.2) is 21.8 Å². The van der Waals surface area contributed by atoms with E-state index in [4.69, 9.17) is 0 Å². The zero-order valence-electron chi connectivity index (χ0n) is 9.89. The number of aromatic nitrogens is 3. The van der Waals surface area contributed by atoms with Gasteiger partial charge in [-0.1, -0.05) is 0 Å². The minimum atomic E-state index is 0.113. The summed E-state index contributed by atoms with van der Waals surface area (Å²) in [6.45, 7) is 2.95. The second kappa shape index (κ2) is 5.42. The van der Waals surface area contributed by atoms with Crippen LogP contribution in [0.2, 0.25) is 0 Å². The lowest BCUT2D eigenvalue weighted by molar-refractivity contribution is 0.562. The normalized spacial score (nSPS) is 12.6. The van der Waals surface area contributed by atoms with Gasteiger partial charge < -0.3 is 5.32 Å². The molecule has 5 heteroatoms. The van der Waals surface area contributed by atoms with E-state index in [1.165, 1.54) is 0 Å². The molecule has 0 amide bonds. The predicted molar refractivity (Wildman–Crippen MR) is 70.7 cm³/mol. The minimum Gasteiger partial charge on any atom is -0.308 e. The first kappa shape index (κ1) is 12.3. The molecule has 2 rings (SSSR count). The van der Waals surface area contributed by atoms with Crippen LogP contribution in [0.4, 0.5) is 0 Å². The molecule has 2 aromatic heterocycles. The van der Waals surface area contributed by atoms with E-state index in [-0.39, 0.29) is 6.04 Å². The maximum Gasteiger partial charge on any atom is 0.0761 e. The first-order chi connectivity index (χ1) is 8.26. The largest absolute Gasteiger partial charge is 0.308 e. The summed E-state index contributed by atoms with van der Waals surface area (Å²) >= 11 is 3.45. The number of pyridine rings is 1.